The molecule has 0 fully saturated rings. The van der Waals surface area contributed by atoms with E-state index in [-0.39, 0.29) is 10.7 Å². The quantitative estimate of drug-likeness (QED) is 0.515. The fourth-order valence-electron chi connectivity index (χ4n) is 1.88. The molecule has 0 saturated heterocycles. The standard InChI is InChI=1S/C17H19NO2S/c1-17(2,21-3)20-13-9-10-14(15(18)11-13)16(19)12-7-5-4-6-8-12/h4-11H,18H2,1-3H3. The van der Waals surface area contributed by atoms with Crippen LogP contribution in [0.2, 0.25) is 0 Å². The van der Waals surface area contributed by atoms with Gasteiger partial charge in [0.15, 0.2) is 5.78 Å². The van der Waals surface area contributed by atoms with Gasteiger partial charge in [0, 0.05) is 22.9 Å². The van der Waals surface area contributed by atoms with Gasteiger partial charge in [-0.3, -0.25) is 4.79 Å². The number of anilines is 1. The molecule has 0 heterocycles. The molecule has 0 aromatic heterocycles. The van der Waals surface area contributed by atoms with Gasteiger partial charge in [-0.25, -0.2) is 0 Å². The van der Waals surface area contributed by atoms with Gasteiger partial charge in [-0.15, -0.1) is 11.8 Å². The van der Waals surface area contributed by atoms with E-state index >= 15 is 0 Å². The Kier molecular flexibility index (Phi) is 4.58. The average Bonchev–Trinajstić information content (AvgIpc) is 2.47. The first-order valence-electron chi connectivity index (χ1n) is 6.66. The lowest BCUT2D eigenvalue weighted by Gasteiger charge is -2.24. The molecule has 0 amide bonds. The summed E-state index contributed by atoms with van der Waals surface area (Å²) < 4.78 is 5.84. The molecule has 3 nitrogen and oxygen atoms in total. The van der Waals surface area contributed by atoms with Crippen LogP contribution in [0, 0.1) is 0 Å². The Morgan fingerprint density at radius 2 is 1.81 bits per heavy atom. The van der Waals surface area contributed by atoms with Gasteiger partial charge in [0.2, 0.25) is 0 Å². The monoisotopic (exact) mass is 301 g/mol. The number of ether oxygens (including phenoxy) is 1. The summed E-state index contributed by atoms with van der Waals surface area (Å²) in [5.74, 6) is 0.584. The van der Waals surface area contributed by atoms with Crippen LogP contribution in [0.25, 0.3) is 0 Å². The molecule has 0 saturated carbocycles. The third-order valence-corrected chi connectivity index (χ3v) is 4.23. The summed E-state index contributed by atoms with van der Waals surface area (Å²) in [5.41, 5.74) is 7.56. The third-order valence-electron chi connectivity index (χ3n) is 3.16. The molecule has 2 aromatic carbocycles. The number of hydrogen-bond donors (Lipinski definition) is 1. The highest BCUT2D eigenvalue weighted by Gasteiger charge is 2.19. The van der Waals surface area contributed by atoms with Crippen LogP contribution in [0.3, 0.4) is 0 Å². The van der Waals surface area contributed by atoms with Gasteiger partial charge in [-0.05, 0) is 32.2 Å². The number of benzene rings is 2. The lowest BCUT2D eigenvalue weighted by molar-refractivity contribution is 0.103. The molecule has 0 aliphatic carbocycles. The third kappa shape index (κ3) is 3.79. The van der Waals surface area contributed by atoms with Crippen LogP contribution in [0.1, 0.15) is 29.8 Å². The van der Waals surface area contributed by atoms with Crippen LogP contribution in [-0.4, -0.2) is 17.0 Å². The first-order valence-corrected chi connectivity index (χ1v) is 7.89. The van der Waals surface area contributed by atoms with Crippen LogP contribution >= 0.6 is 11.8 Å². The fraction of sp³-hybridized carbons (Fsp3) is 0.235. The first kappa shape index (κ1) is 15.4. The van der Waals surface area contributed by atoms with E-state index in [4.69, 9.17) is 10.5 Å². The Hall–Kier alpha value is -1.94. The van der Waals surface area contributed by atoms with E-state index in [9.17, 15) is 4.79 Å². The van der Waals surface area contributed by atoms with Crippen LogP contribution in [-0.2, 0) is 0 Å². The van der Waals surface area contributed by atoms with Gasteiger partial charge < -0.3 is 10.5 Å². The van der Waals surface area contributed by atoms with Gasteiger partial charge in [-0.1, -0.05) is 30.3 Å². The van der Waals surface area contributed by atoms with Gasteiger partial charge in [0.05, 0.1) is 0 Å². The van der Waals surface area contributed by atoms with Crippen LogP contribution < -0.4 is 10.5 Å². The van der Waals surface area contributed by atoms with E-state index in [0.29, 0.717) is 22.6 Å². The average molecular weight is 301 g/mol. The van der Waals surface area contributed by atoms with E-state index in [1.54, 1.807) is 42.1 Å². The predicted octanol–water partition coefficient (Wildman–Crippen LogP) is 3.98. The van der Waals surface area contributed by atoms with Crippen molar-refractivity contribution in [2.75, 3.05) is 12.0 Å². The molecule has 2 rings (SSSR count). The normalized spacial score (nSPS) is 11.2. The number of carbonyl (C=O) groups excluding carboxylic acids is 1. The molecular weight excluding hydrogens is 282 g/mol. The van der Waals surface area contributed by atoms with Gasteiger partial charge in [0.25, 0.3) is 0 Å². The zero-order valence-electron chi connectivity index (χ0n) is 12.4. The molecule has 0 aliphatic rings. The van der Waals surface area contributed by atoms with Crippen LogP contribution in [0.4, 0.5) is 5.69 Å². The van der Waals surface area contributed by atoms with Crippen molar-refractivity contribution in [3.8, 4) is 5.75 Å². The van der Waals surface area contributed by atoms with E-state index in [1.807, 2.05) is 38.3 Å². The van der Waals surface area contributed by atoms with Crippen molar-refractivity contribution in [1.29, 1.82) is 0 Å². The first-order chi connectivity index (χ1) is 9.93. The van der Waals surface area contributed by atoms with Gasteiger partial charge >= 0.3 is 0 Å². The smallest absolute Gasteiger partial charge is 0.195 e. The Morgan fingerprint density at radius 3 is 2.38 bits per heavy atom. The van der Waals surface area contributed by atoms with E-state index in [0.717, 1.165) is 0 Å². The fourth-order valence-corrected chi connectivity index (χ4v) is 2.06. The van der Waals surface area contributed by atoms with Crippen molar-refractivity contribution < 1.29 is 9.53 Å². The summed E-state index contributed by atoms with van der Waals surface area (Å²) in [7, 11) is 0. The summed E-state index contributed by atoms with van der Waals surface area (Å²) in [5, 5.41) is 0. The molecule has 4 heteroatoms. The summed E-state index contributed by atoms with van der Waals surface area (Å²) >= 11 is 1.61. The zero-order chi connectivity index (χ0) is 15.5. The number of hydrogen-bond acceptors (Lipinski definition) is 4. The van der Waals surface area contributed by atoms with Gasteiger partial charge in [-0.2, -0.15) is 0 Å². The predicted molar refractivity (Wildman–Crippen MR) is 89.0 cm³/mol. The van der Waals surface area contributed by atoms with Crippen LogP contribution in [0.5, 0.6) is 5.75 Å². The number of nitrogens with two attached hydrogens (primary N) is 1. The molecule has 0 aliphatic heterocycles. The van der Waals surface area contributed by atoms with Crippen molar-refractivity contribution in [3.05, 3.63) is 59.7 Å². The highest BCUT2D eigenvalue weighted by atomic mass is 32.2. The maximum absolute atomic E-state index is 12.4. The van der Waals surface area contributed by atoms with Crippen molar-refractivity contribution >= 4 is 23.2 Å². The molecule has 0 unspecified atom stereocenters. The summed E-state index contributed by atoms with van der Waals surface area (Å²) in [6.07, 6.45) is 1.98. The van der Waals surface area contributed by atoms with Crippen molar-refractivity contribution in [1.82, 2.24) is 0 Å². The maximum Gasteiger partial charge on any atom is 0.195 e. The Morgan fingerprint density at radius 1 is 1.14 bits per heavy atom. The second-order valence-electron chi connectivity index (χ2n) is 5.15. The lowest BCUT2D eigenvalue weighted by atomic mass is 10.0. The molecule has 21 heavy (non-hydrogen) atoms. The topological polar surface area (TPSA) is 52.3 Å². The summed E-state index contributed by atoms with van der Waals surface area (Å²) in [6.45, 7) is 3.97. The number of carbonyl (C=O) groups is 1. The minimum atomic E-state index is -0.336. The number of nitrogen functional groups attached to an aromatic ring is 1. The largest absolute Gasteiger partial charge is 0.477 e. The van der Waals surface area contributed by atoms with E-state index in [2.05, 4.69) is 0 Å². The SMILES string of the molecule is CSC(C)(C)Oc1ccc(C(=O)c2ccccc2)c(N)c1. The second-order valence-corrected chi connectivity index (χ2v) is 6.54. The Labute approximate surface area is 129 Å². The van der Waals surface area contributed by atoms with Gasteiger partial charge in [0.1, 0.15) is 10.7 Å². The highest BCUT2D eigenvalue weighted by Crippen LogP contribution is 2.29. The van der Waals surface area contributed by atoms with Crippen molar-refractivity contribution in [2.24, 2.45) is 0 Å². The zero-order valence-corrected chi connectivity index (χ0v) is 13.2. The van der Waals surface area contributed by atoms with E-state index < -0.39 is 0 Å². The van der Waals surface area contributed by atoms with Crippen molar-refractivity contribution in [3.63, 3.8) is 0 Å². The van der Waals surface area contributed by atoms with Crippen LogP contribution in [0.15, 0.2) is 48.5 Å². The molecule has 0 bridgehead atoms. The molecule has 2 N–H and O–H groups in total. The second kappa shape index (κ2) is 6.22. The highest BCUT2D eigenvalue weighted by molar-refractivity contribution is 7.99. The minimum absolute atomic E-state index is 0.0798. The Balaban J connectivity index is 2.26. The summed E-state index contributed by atoms with van der Waals surface area (Å²) in [6, 6.07) is 14.3. The molecular formula is C17H19NO2S. The number of rotatable bonds is 5. The summed E-state index contributed by atoms with van der Waals surface area (Å²) in [4.78, 5) is 12.1. The molecule has 0 spiro atoms. The Bertz CT molecular complexity index is 638. The van der Waals surface area contributed by atoms with Crippen molar-refractivity contribution in [2.45, 2.75) is 18.8 Å². The lowest BCUT2D eigenvalue weighted by Crippen LogP contribution is -2.23. The van der Waals surface area contributed by atoms with E-state index in [1.165, 1.54) is 0 Å². The molecule has 2 aromatic rings. The molecule has 110 valence electrons. The molecule has 0 radical (unpaired) electrons. The number of ketones is 1. The minimum Gasteiger partial charge on any atom is -0.477 e. The maximum atomic E-state index is 12.4. The number of thioether (sulfide) groups is 1. The molecule has 0 atom stereocenters.